The fraction of sp³-hybridized carbons (Fsp3) is 0.789. The largest absolute Gasteiger partial charge is 0.444 e. The maximum Gasteiger partial charge on any atom is 0.407 e. The van der Waals surface area contributed by atoms with E-state index in [9.17, 15) is 9.59 Å². The van der Waals surface area contributed by atoms with Gasteiger partial charge in [-0.3, -0.25) is 9.69 Å². The number of ether oxygens (including phenoxy) is 1. The van der Waals surface area contributed by atoms with E-state index in [4.69, 9.17) is 4.74 Å². The summed E-state index contributed by atoms with van der Waals surface area (Å²) >= 11 is 0. The normalized spacial score (nSPS) is 14.6. The highest BCUT2D eigenvalue weighted by atomic mass is 16.6. The quantitative estimate of drug-likeness (QED) is 0.564. The van der Waals surface area contributed by atoms with Crippen LogP contribution in [0.5, 0.6) is 0 Å². The third-order valence-electron chi connectivity index (χ3n) is 3.85. The van der Waals surface area contributed by atoms with Gasteiger partial charge in [-0.25, -0.2) is 4.79 Å². The van der Waals surface area contributed by atoms with Crippen molar-refractivity contribution in [2.24, 2.45) is 0 Å². The van der Waals surface area contributed by atoms with Crippen LogP contribution in [0, 0.1) is 11.8 Å². The lowest BCUT2D eigenvalue weighted by atomic mass is 10.2. The Kier molecular flexibility index (Phi) is 9.36. The number of unbranched alkanes of at least 4 members (excludes halogenated alkanes) is 1. The van der Waals surface area contributed by atoms with E-state index in [1.165, 1.54) is 12.8 Å². The lowest BCUT2D eigenvalue weighted by molar-refractivity contribution is -0.129. The Morgan fingerprint density at radius 3 is 2.48 bits per heavy atom. The molecule has 0 aromatic heterocycles. The van der Waals surface area contributed by atoms with E-state index in [1.807, 2.05) is 20.8 Å². The van der Waals surface area contributed by atoms with E-state index < -0.39 is 11.7 Å². The van der Waals surface area contributed by atoms with Crippen LogP contribution in [0.1, 0.15) is 52.9 Å². The molecule has 1 N–H and O–H groups in total. The molecule has 1 aliphatic heterocycles. The highest BCUT2D eigenvalue weighted by Crippen LogP contribution is 2.07. The zero-order chi connectivity index (χ0) is 18.7. The number of nitrogens with zero attached hydrogens (tertiary/aromatic N) is 2. The number of hydrogen-bond acceptors (Lipinski definition) is 4. The topological polar surface area (TPSA) is 61.9 Å². The van der Waals surface area contributed by atoms with Gasteiger partial charge in [0, 0.05) is 20.0 Å². The summed E-state index contributed by atoms with van der Waals surface area (Å²) in [5.41, 5.74) is -0.488. The molecule has 0 aliphatic carbocycles. The Bertz CT molecular complexity index is 482. The SMILES string of the molecule is CN(CC#CCN1CCCC1)C(=O)CCCCNC(=O)OC(C)(C)C. The molecule has 0 radical (unpaired) electrons. The second-order valence-electron chi connectivity index (χ2n) is 7.47. The first-order chi connectivity index (χ1) is 11.8. The lowest BCUT2D eigenvalue weighted by Gasteiger charge is -2.19. The van der Waals surface area contributed by atoms with Crippen molar-refractivity contribution in [2.75, 3.05) is 39.8 Å². The number of hydrogen-bond donors (Lipinski definition) is 1. The molecule has 0 spiro atoms. The first kappa shape index (κ1) is 21.3. The smallest absolute Gasteiger partial charge is 0.407 e. The van der Waals surface area contributed by atoms with E-state index in [1.54, 1.807) is 11.9 Å². The van der Waals surface area contributed by atoms with E-state index in [-0.39, 0.29) is 5.91 Å². The van der Waals surface area contributed by atoms with Crippen LogP contribution in [0.3, 0.4) is 0 Å². The molecule has 6 nitrogen and oxygen atoms in total. The van der Waals surface area contributed by atoms with Crippen molar-refractivity contribution in [3.05, 3.63) is 0 Å². The molecule has 0 aromatic carbocycles. The Morgan fingerprint density at radius 2 is 1.84 bits per heavy atom. The summed E-state index contributed by atoms with van der Waals surface area (Å²) in [6.45, 7) is 9.56. The van der Waals surface area contributed by atoms with Crippen molar-refractivity contribution in [3.8, 4) is 11.8 Å². The third-order valence-corrected chi connectivity index (χ3v) is 3.85. The van der Waals surface area contributed by atoms with Crippen molar-refractivity contribution in [1.82, 2.24) is 15.1 Å². The molecular weight excluding hydrogens is 318 g/mol. The van der Waals surface area contributed by atoms with Gasteiger partial charge in [0.2, 0.25) is 5.91 Å². The van der Waals surface area contributed by atoms with Crippen LogP contribution >= 0.6 is 0 Å². The number of amides is 2. The Morgan fingerprint density at radius 1 is 1.16 bits per heavy atom. The molecule has 1 rings (SSSR count). The predicted molar refractivity (Wildman–Crippen MR) is 99.2 cm³/mol. The maximum absolute atomic E-state index is 12.0. The van der Waals surface area contributed by atoms with Gasteiger partial charge in [-0.05, 0) is 59.5 Å². The van der Waals surface area contributed by atoms with Gasteiger partial charge in [0.25, 0.3) is 0 Å². The molecule has 2 amide bonds. The molecule has 0 unspecified atom stereocenters. The van der Waals surface area contributed by atoms with Gasteiger partial charge in [-0.15, -0.1) is 0 Å². The summed E-state index contributed by atoms with van der Waals surface area (Å²) in [4.78, 5) is 27.5. The first-order valence-electron chi connectivity index (χ1n) is 9.17. The van der Waals surface area contributed by atoms with Gasteiger partial charge >= 0.3 is 6.09 Å². The van der Waals surface area contributed by atoms with Crippen LogP contribution in [0.4, 0.5) is 4.79 Å². The molecular formula is C19H33N3O3. The van der Waals surface area contributed by atoms with E-state index in [0.717, 1.165) is 32.5 Å². The minimum atomic E-state index is -0.488. The second kappa shape index (κ2) is 11.0. The van der Waals surface area contributed by atoms with Crippen LogP contribution in [-0.2, 0) is 9.53 Å². The molecule has 1 aliphatic rings. The van der Waals surface area contributed by atoms with Crippen LogP contribution < -0.4 is 5.32 Å². The predicted octanol–water partition coefficient (Wildman–Crippen LogP) is 2.24. The summed E-state index contributed by atoms with van der Waals surface area (Å²) in [5, 5.41) is 2.70. The van der Waals surface area contributed by atoms with Crippen LogP contribution in [-0.4, -0.2) is 67.2 Å². The minimum Gasteiger partial charge on any atom is -0.444 e. The van der Waals surface area contributed by atoms with Crippen molar-refractivity contribution in [1.29, 1.82) is 0 Å². The zero-order valence-corrected chi connectivity index (χ0v) is 16.2. The monoisotopic (exact) mass is 351 g/mol. The Balaban J connectivity index is 2.07. The molecule has 0 atom stereocenters. The highest BCUT2D eigenvalue weighted by molar-refractivity contribution is 5.76. The van der Waals surface area contributed by atoms with Crippen molar-refractivity contribution >= 4 is 12.0 Å². The molecule has 1 fully saturated rings. The number of carbonyl (C=O) groups is 2. The van der Waals surface area contributed by atoms with Crippen molar-refractivity contribution < 1.29 is 14.3 Å². The Labute approximate surface area is 152 Å². The van der Waals surface area contributed by atoms with E-state index >= 15 is 0 Å². The van der Waals surface area contributed by atoms with Gasteiger partial charge in [-0.2, -0.15) is 0 Å². The second-order valence-corrected chi connectivity index (χ2v) is 7.47. The van der Waals surface area contributed by atoms with Crippen LogP contribution in [0.15, 0.2) is 0 Å². The van der Waals surface area contributed by atoms with Gasteiger partial charge in [0.1, 0.15) is 5.60 Å². The Hall–Kier alpha value is -1.74. The molecule has 25 heavy (non-hydrogen) atoms. The fourth-order valence-electron chi connectivity index (χ4n) is 2.47. The number of nitrogens with one attached hydrogen (secondary N) is 1. The molecule has 0 bridgehead atoms. The molecule has 1 heterocycles. The first-order valence-corrected chi connectivity index (χ1v) is 9.17. The third kappa shape index (κ3) is 10.7. The number of alkyl carbamates (subject to hydrolysis) is 1. The van der Waals surface area contributed by atoms with Gasteiger partial charge in [0.05, 0.1) is 13.1 Å². The standard InChI is InChI=1S/C19H33N3O3/c1-19(2,3)25-18(24)20-12-6-5-11-17(23)21(4)13-7-8-14-22-15-9-10-16-22/h5-6,9-16H2,1-4H3,(H,20,24). The lowest BCUT2D eigenvalue weighted by Crippen LogP contribution is -2.33. The molecule has 0 saturated carbocycles. The van der Waals surface area contributed by atoms with Gasteiger partial charge in [0.15, 0.2) is 0 Å². The summed E-state index contributed by atoms with van der Waals surface area (Å²) in [6.07, 6.45) is 4.08. The molecule has 6 heteroatoms. The van der Waals surface area contributed by atoms with E-state index in [2.05, 4.69) is 22.1 Å². The summed E-state index contributed by atoms with van der Waals surface area (Å²) in [5.74, 6) is 6.30. The van der Waals surface area contributed by atoms with Crippen molar-refractivity contribution in [2.45, 2.75) is 58.5 Å². The molecule has 142 valence electrons. The molecule has 1 saturated heterocycles. The zero-order valence-electron chi connectivity index (χ0n) is 16.2. The van der Waals surface area contributed by atoms with Crippen LogP contribution in [0.2, 0.25) is 0 Å². The number of carbonyl (C=O) groups excluding carboxylic acids is 2. The average molecular weight is 351 g/mol. The highest BCUT2D eigenvalue weighted by Gasteiger charge is 2.15. The summed E-state index contributed by atoms with van der Waals surface area (Å²) in [6, 6.07) is 0. The van der Waals surface area contributed by atoms with Crippen molar-refractivity contribution in [3.63, 3.8) is 0 Å². The fourth-order valence-corrected chi connectivity index (χ4v) is 2.47. The van der Waals surface area contributed by atoms with Gasteiger partial charge in [-0.1, -0.05) is 11.8 Å². The number of rotatable bonds is 7. The average Bonchev–Trinajstić information content (AvgIpc) is 3.02. The minimum absolute atomic E-state index is 0.0905. The maximum atomic E-state index is 12.0. The van der Waals surface area contributed by atoms with Crippen LogP contribution in [0.25, 0.3) is 0 Å². The molecule has 0 aromatic rings. The van der Waals surface area contributed by atoms with E-state index in [0.29, 0.717) is 19.5 Å². The van der Waals surface area contributed by atoms with Gasteiger partial charge < -0.3 is 15.0 Å². The number of likely N-dealkylation sites (tertiary alicyclic amines) is 1. The summed E-state index contributed by atoms with van der Waals surface area (Å²) in [7, 11) is 1.78. The summed E-state index contributed by atoms with van der Waals surface area (Å²) < 4.78 is 5.15.